The first-order valence-electron chi connectivity index (χ1n) is 17.3. The molecule has 0 amide bonds. The Hall–Kier alpha value is -3.72. The molecule has 0 radical (unpaired) electrons. The van der Waals surface area contributed by atoms with Crippen LogP contribution in [0.2, 0.25) is 0 Å². The quantitative estimate of drug-likeness (QED) is 0.136. The van der Waals surface area contributed by atoms with Crippen molar-refractivity contribution in [2.75, 3.05) is 12.8 Å². The monoisotopic (exact) mass is 767 g/mol. The van der Waals surface area contributed by atoms with E-state index in [4.69, 9.17) is 0 Å². The molecular formula is C39H43F6NO6S. The van der Waals surface area contributed by atoms with E-state index >= 15 is 0 Å². The molecule has 7 nitrogen and oxygen atoms in total. The van der Waals surface area contributed by atoms with Gasteiger partial charge in [0, 0.05) is 29.6 Å². The Morgan fingerprint density at radius 3 is 2.32 bits per heavy atom. The summed E-state index contributed by atoms with van der Waals surface area (Å²) in [4.78, 5) is 14.2. The van der Waals surface area contributed by atoms with Crippen molar-refractivity contribution in [1.82, 2.24) is 4.31 Å². The van der Waals surface area contributed by atoms with Crippen LogP contribution in [0.4, 0.5) is 26.3 Å². The molecule has 0 saturated heterocycles. The molecule has 4 unspecified atom stereocenters. The third-order valence-corrected chi connectivity index (χ3v) is 12.0. The molecule has 2 bridgehead atoms. The van der Waals surface area contributed by atoms with Crippen LogP contribution in [0.15, 0.2) is 78.4 Å². The molecule has 3 aliphatic carbocycles. The van der Waals surface area contributed by atoms with Crippen LogP contribution in [0.25, 0.3) is 0 Å². The van der Waals surface area contributed by atoms with Crippen molar-refractivity contribution >= 4 is 15.8 Å². The number of ketones is 1. The Balaban J connectivity index is 1.57. The zero-order chi connectivity index (χ0) is 39.0. The maximum absolute atomic E-state index is 14.2. The summed E-state index contributed by atoms with van der Waals surface area (Å²) in [5.41, 5.74) is -1.30. The summed E-state index contributed by atoms with van der Waals surface area (Å²) in [7, 11) is -4.00. The Kier molecular flexibility index (Phi) is 11.6. The zero-order valence-corrected chi connectivity index (χ0v) is 30.4. The molecule has 53 heavy (non-hydrogen) atoms. The number of hydrogen-bond donors (Lipinski definition) is 2. The lowest BCUT2D eigenvalue weighted by Gasteiger charge is -2.45. The molecule has 0 heterocycles. The van der Waals surface area contributed by atoms with E-state index in [0.717, 1.165) is 40.4 Å². The molecule has 0 aliphatic heterocycles. The number of carbonyl (C=O) groups is 1. The number of alkyl halides is 6. The summed E-state index contributed by atoms with van der Waals surface area (Å²) in [6.07, 6.45) is -4.91. The van der Waals surface area contributed by atoms with Crippen LogP contribution in [0.5, 0.6) is 5.75 Å². The van der Waals surface area contributed by atoms with Crippen LogP contribution in [0, 0.1) is 5.41 Å². The molecule has 3 aliphatic rings. The van der Waals surface area contributed by atoms with E-state index in [1.807, 2.05) is 19.9 Å². The predicted molar refractivity (Wildman–Crippen MR) is 187 cm³/mol. The van der Waals surface area contributed by atoms with E-state index in [0.29, 0.717) is 48.8 Å². The first kappa shape index (κ1) is 40.5. The van der Waals surface area contributed by atoms with Crippen LogP contribution >= 0.6 is 0 Å². The average Bonchev–Trinajstić information content (AvgIpc) is 3.31. The fourth-order valence-electron chi connectivity index (χ4n) is 7.77. The first-order valence-corrected chi connectivity index (χ1v) is 19.1. The standard InChI is InChI=1S/C39H43F6NO6S/c1-25-6-5-18-36(2)34(17-19-37(36,49)24-46(53(3,50)51)23-26-10-14-31(15-11-26)52-39(43,44)45)32-16-12-27(20-30(47)13-9-25)21-33(32)35(48)28-7-4-8-29(22-28)38(40,41)42/h4,6-8,10-12,14-16,21-22,30,34,47,49H,5,9,13,17-20,23-24H2,1-3H3. The van der Waals surface area contributed by atoms with Crippen molar-refractivity contribution in [2.24, 2.45) is 5.41 Å². The highest BCUT2D eigenvalue weighted by Gasteiger charge is 2.58. The highest BCUT2D eigenvalue weighted by molar-refractivity contribution is 7.88. The summed E-state index contributed by atoms with van der Waals surface area (Å²) in [6, 6.07) is 14.0. The van der Waals surface area contributed by atoms with E-state index in [1.165, 1.54) is 24.3 Å². The van der Waals surface area contributed by atoms with Crippen LogP contribution in [-0.2, 0) is 29.2 Å². The molecule has 3 aromatic rings. The molecule has 14 heteroatoms. The molecule has 288 valence electrons. The second kappa shape index (κ2) is 15.2. The number of nitrogens with zero attached hydrogens (tertiary/aromatic N) is 1. The number of ether oxygens (including phenoxy) is 1. The van der Waals surface area contributed by atoms with Gasteiger partial charge in [0.25, 0.3) is 0 Å². The highest BCUT2D eigenvalue weighted by Crippen LogP contribution is 2.59. The van der Waals surface area contributed by atoms with Crippen molar-refractivity contribution in [3.8, 4) is 5.75 Å². The lowest BCUT2D eigenvalue weighted by molar-refractivity contribution is -0.274. The number of aliphatic hydroxyl groups excluding tert-OH is 1. The number of rotatable bonds is 8. The highest BCUT2D eigenvalue weighted by atomic mass is 32.2. The molecular weight excluding hydrogens is 724 g/mol. The van der Waals surface area contributed by atoms with E-state index < -0.39 is 62.7 Å². The Morgan fingerprint density at radius 1 is 0.981 bits per heavy atom. The SMILES string of the molecule is CC1=CCCC2(C)C(CCC2(O)CN(Cc2ccc(OC(F)(F)F)cc2)S(C)(=O)=O)c2ccc(cc2C(=O)c2cccc(C(F)(F)F)c2)CC(O)CC1. The van der Waals surface area contributed by atoms with Crippen molar-refractivity contribution in [3.05, 3.63) is 112 Å². The fourth-order valence-corrected chi connectivity index (χ4v) is 8.60. The second-order valence-corrected chi connectivity index (χ2v) is 16.6. The second-order valence-electron chi connectivity index (χ2n) is 14.6. The van der Waals surface area contributed by atoms with Crippen molar-refractivity contribution in [1.29, 1.82) is 0 Å². The van der Waals surface area contributed by atoms with Gasteiger partial charge in [-0.3, -0.25) is 4.79 Å². The number of sulfonamides is 1. The molecule has 3 aromatic carbocycles. The van der Waals surface area contributed by atoms with E-state index in [9.17, 15) is 49.8 Å². The number of aliphatic hydroxyl groups is 2. The van der Waals surface area contributed by atoms with Gasteiger partial charge in [0.05, 0.1) is 23.5 Å². The van der Waals surface area contributed by atoms with Gasteiger partial charge < -0.3 is 14.9 Å². The van der Waals surface area contributed by atoms with Crippen LogP contribution in [-0.4, -0.2) is 59.6 Å². The lowest BCUT2D eigenvalue weighted by Crippen LogP contribution is -2.53. The lowest BCUT2D eigenvalue weighted by atomic mass is 9.64. The summed E-state index contributed by atoms with van der Waals surface area (Å²) in [5, 5.41) is 23.5. The van der Waals surface area contributed by atoms with Gasteiger partial charge in [0.2, 0.25) is 10.0 Å². The number of halogens is 6. The van der Waals surface area contributed by atoms with Crippen molar-refractivity contribution < 1.29 is 54.5 Å². The number of carbonyl (C=O) groups excluding carboxylic acids is 1. The van der Waals surface area contributed by atoms with Crippen LogP contribution < -0.4 is 4.74 Å². The predicted octanol–water partition coefficient (Wildman–Crippen LogP) is 8.34. The number of fused-ring (bicyclic) bond motifs is 8. The number of allylic oxidation sites excluding steroid dienone is 2. The maximum Gasteiger partial charge on any atom is 0.573 e. The third-order valence-electron chi connectivity index (χ3n) is 10.8. The first-order chi connectivity index (χ1) is 24.6. The Bertz CT molecular complexity index is 1940. The minimum absolute atomic E-state index is 0.110. The zero-order valence-electron chi connectivity index (χ0n) is 29.6. The minimum atomic E-state index is -4.91. The van der Waals surface area contributed by atoms with E-state index in [-0.39, 0.29) is 37.1 Å². The van der Waals surface area contributed by atoms with Crippen LogP contribution in [0.1, 0.15) is 96.5 Å². The third kappa shape index (κ3) is 9.51. The molecule has 0 aromatic heterocycles. The summed E-state index contributed by atoms with van der Waals surface area (Å²) >= 11 is 0. The number of benzene rings is 3. The molecule has 1 fully saturated rings. The largest absolute Gasteiger partial charge is 0.573 e. The smallest absolute Gasteiger partial charge is 0.406 e. The topological polar surface area (TPSA) is 104 Å². The van der Waals surface area contributed by atoms with E-state index in [2.05, 4.69) is 4.74 Å². The molecule has 6 rings (SSSR count). The fraction of sp³-hybridized carbons (Fsp3) is 0.462. The summed E-state index contributed by atoms with van der Waals surface area (Å²) in [5.74, 6) is -1.68. The minimum Gasteiger partial charge on any atom is -0.406 e. The Labute approximate surface area is 305 Å². The van der Waals surface area contributed by atoms with Gasteiger partial charge >= 0.3 is 12.5 Å². The summed E-state index contributed by atoms with van der Waals surface area (Å²) < 4.78 is 111. The normalized spacial score (nSPS) is 24.4. The maximum atomic E-state index is 14.2. The van der Waals surface area contributed by atoms with Gasteiger partial charge in [0.1, 0.15) is 5.75 Å². The Morgan fingerprint density at radius 2 is 1.68 bits per heavy atom. The van der Waals surface area contributed by atoms with Gasteiger partial charge in [0.15, 0.2) is 5.78 Å². The molecule has 2 N–H and O–H groups in total. The van der Waals surface area contributed by atoms with Gasteiger partial charge in [-0.05, 0) is 105 Å². The van der Waals surface area contributed by atoms with Crippen LogP contribution in [0.3, 0.4) is 0 Å². The average molecular weight is 768 g/mol. The van der Waals surface area contributed by atoms with Crippen molar-refractivity contribution in [3.63, 3.8) is 0 Å². The van der Waals surface area contributed by atoms with Crippen molar-refractivity contribution in [2.45, 2.75) is 95.5 Å². The van der Waals surface area contributed by atoms with Gasteiger partial charge in [-0.25, -0.2) is 8.42 Å². The van der Waals surface area contributed by atoms with Gasteiger partial charge in [-0.1, -0.05) is 55.0 Å². The van der Waals surface area contributed by atoms with Gasteiger partial charge in [-0.2, -0.15) is 17.5 Å². The van der Waals surface area contributed by atoms with Gasteiger partial charge in [-0.15, -0.1) is 13.2 Å². The molecule has 4 atom stereocenters. The number of hydrogen-bond acceptors (Lipinski definition) is 6. The molecule has 1 saturated carbocycles. The summed E-state index contributed by atoms with van der Waals surface area (Å²) in [6.45, 7) is 3.14. The van der Waals surface area contributed by atoms with E-state index in [1.54, 1.807) is 18.2 Å². The molecule has 0 spiro atoms.